The van der Waals surface area contributed by atoms with Crippen molar-refractivity contribution in [1.82, 2.24) is 15.3 Å². The average Bonchev–Trinajstić information content (AvgIpc) is 2.90. The molecule has 0 aromatic carbocycles. The van der Waals surface area contributed by atoms with Gasteiger partial charge in [-0.25, -0.2) is 0 Å². The molecule has 2 aliphatic rings. The maximum atomic E-state index is 9.73. The first kappa shape index (κ1) is 27.4. The Morgan fingerprint density at radius 1 is 1.28 bits per heavy atom. The van der Waals surface area contributed by atoms with Crippen LogP contribution in [0.15, 0.2) is 30.5 Å². The number of methoxy groups -OCH3 is 1. The molecule has 0 amide bonds. The van der Waals surface area contributed by atoms with Crippen LogP contribution in [-0.4, -0.2) is 71.3 Å². The number of hydrogen-bond acceptors (Lipinski definition) is 7. The van der Waals surface area contributed by atoms with Gasteiger partial charge >= 0.3 is 227 Å². The van der Waals surface area contributed by atoms with Crippen LogP contribution in [0.1, 0.15) is 45.4 Å². The van der Waals surface area contributed by atoms with E-state index in [0.29, 0.717) is 36.9 Å². The van der Waals surface area contributed by atoms with Crippen LogP contribution in [0, 0.1) is 16.7 Å². The second-order valence-electron chi connectivity index (χ2n) is 9.95. The van der Waals surface area contributed by atoms with Gasteiger partial charge in [0, 0.05) is 0 Å². The van der Waals surface area contributed by atoms with E-state index in [1.807, 2.05) is 18.2 Å². The molecule has 2 aromatic heterocycles. The van der Waals surface area contributed by atoms with E-state index in [1.165, 1.54) is 25.7 Å². The van der Waals surface area contributed by atoms with Crippen LogP contribution in [0.2, 0.25) is 9.73 Å². The van der Waals surface area contributed by atoms with Crippen LogP contribution in [0.3, 0.4) is 0 Å². The summed E-state index contributed by atoms with van der Waals surface area (Å²) in [5.74, 6) is 0.754. The molecule has 0 unspecified atom stereocenters. The molecule has 1 atom stereocenters. The van der Waals surface area contributed by atoms with Crippen LogP contribution >= 0.6 is 11.6 Å². The first-order chi connectivity index (χ1) is 17.5. The number of halogens is 1. The number of rotatable bonds is 10. The molecule has 1 radical (unpaired) electrons. The van der Waals surface area contributed by atoms with Gasteiger partial charge in [-0.05, 0) is 0 Å². The third kappa shape index (κ3) is 7.43. The minimum atomic E-state index is -0.405. The van der Waals surface area contributed by atoms with E-state index in [0.717, 1.165) is 45.7 Å². The van der Waals surface area contributed by atoms with Crippen LogP contribution in [0.25, 0.3) is 11.3 Å². The van der Waals surface area contributed by atoms with E-state index in [-0.39, 0.29) is 15.8 Å². The van der Waals surface area contributed by atoms with Crippen molar-refractivity contribution in [2.75, 3.05) is 38.8 Å². The summed E-state index contributed by atoms with van der Waals surface area (Å²) in [4.78, 5) is 9.50. The third-order valence-electron chi connectivity index (χ3n) is 7.11. The van der Waals surface area contributed by atoms with Crippen LogP contribution < -0.4 is 15.1 Å². The predicted molar refractivity (Wildman–Crippen MR) is 145 cm³/mol. The zero-order valence-corrected chi connectivity index (χ0v) is 23.8. The first-order valence-electron chi connectivity index (χ1n) is 12.8. The first-order valence-corrected chi connectivity index (χ1v) is 15.2. The van der Waals surface area contributed by atoms with E-state index in [9.17, 15) is 5.26 Å². The summed E-state index contributed by atoms with van der Waals surface area (Å²) < 4.78 is 12.6. The van der Waals surface area contributed by atoms with Crippen molar-refractivity contribution in [1.29, 1.82) is 5.26 Å². The van der Waals surface area contributed by atoms with Crippen LogP contribution in [0.4, 0.5) is 5.82 Å². The monoisotopic (exact) mass is 572 g/mol. The van der Waals surface area contributed by atoms with Crippen molar-refractivity contribution < 1.29 is 9.47 Å². The van der Waals surface area contributed by atoms with E-state index >= 15 is 0 Å². The molecule has 7 nitrogen and oxygen atoms in total. The van der Waals surface area contributed by atoms with Gasteiger partial charge in [0.2, 0.25) is 0 Å². The molecule has 2 N–H and O–H groups in total. The number of anilines is 1. The standard InChI is InChI=1S/C27H36AsClN5O2/c1-19(16-35-2)33-21-8-6-20(7-9-21)28-25-14-22(23(29)15-31-25)24-4-3-5-26(34-24)32-18-27(17-30)10-12-36-13-11-27/h3-5,14-15,19-21,33H,6-13,16,18H2,1-2H3,(H,32,34)/t19-,20?,21?/m1/s1. The van der Waals surface area contributed by atoms with Gasteiger partial charge in [0.25, 0.3) is 0 Å². The quantitative estimate of drug-likeness (QED) is 0.412. The Kier molecular flexibility index (Phi) is 10.0. The summed E-state index contributed by atoms with van der Waals surface area (Å²) in [7, 11) is 1.76. The third-order valence-corrected chi connectivity index (χ3v) is 10.3. The van der Waals surface area contributed by atoms with Gasteiger partial charge in [0.1, 0.15) is 0 Å². The van der Waals surface area contributed by atoms with Gasteiger partial charge < -0.3 is 0 Å². The predicted octanol–water partition coefficient (Wildman–Crippen LogP) is 4.21. The summed E-state index contributed by atoms with van der Waals surface area (Å²) in [6.45, 7) is 4.76. The van der Waals surface area contributed by atoms with Gasteiger partial charge in [0.05, 0.1) is 0 Å². The van der Waals surface area contributed by atoms with Gasteiger partial charge in [-0.2, -0.15) is 0 Å². The molecule has 0 bridgehead atoms. The molecule has 4 rings (SSSR count). The van der Waals surface area contributed by atoms with Gasteiger partial charge in [-0.15, -0.1) is 0 Å². The zero-order valence-electron chi connectivity index (χ0n) is 21.2. The molecule has 1 saturated carbocycles. The fraction of sp³-hybridized carbons (Fsp3) is 0.593. The van der Waals surface area contributed by atoms with Gasteiger partial charge in [-0.1, -0.05) is 0 Å². The fourth-order valence-electron chi connectivity index (χ4n) is 4.99. The van der Waals surface area contributed by atoms with Gasteiger partial charge in [0.15, 0.2) is 0 Å². The van der Waals surface area contributed by atoms with E-state index in [4.69, 9.17) is 26.1 Å². The molecule has 9 heteroatoms. The second-order valence-corrected chi connectivity index (χ2v) is 13.4. The molecule has 1 saturated heterocycles. The molecule has 0 spiro atoms. The number of pyridine rings is 2. The summed E-state index contributed by atoms with van der Waals surface area (Å²) in [5, 5.41) is 17.4. The number of nitrogens with zero attached hydrogens (tertiary/aromatic N) is 3. The summed E-state index contributed by atoms with van der Waals surface area (Å²) in [5.41, 5.74) is 1.34. The summed E-state index contributed by atoms with van der Waals surface area (Å²) in [6, 6.07) is 11.5. The SMILES string of the molecule is COC[C@@H](C)NC1CCC([As]c2cc(-c3cccc(NCC4(C#N)CCOCC4)n3)c(Cl)cn2)CC1. The number of aromatic nitrogens is 2. The van der Waals surface area contributed by atoms with Crippen LogP contribution in [0.5, 0.6) is 0 Å². The molecule has 1 aliphatic carbocycles. The van der Waals surface area contributed by atoms with Crippen molar-refractivity contribution >= 4 is 37.7 Å². The Labute approximate surface area is 226 Å². The van der Waals surface area contributed by atoms with Crippen molar-refractivity contribution in [3.05, 3.63) is 35.5 Å². The fourth-order valence-corrected chi connectivity index (χ4v) is 7.83. The van der Waals surface area contributed by atoms with Crippen molar-refractivity contribution in [2.24, 2.45) is 5.41 Å². The summed E-state index contributed by atoms with van der Waals surface area (Å²) >= 11 is 6.54. The number of hydrogen-bond donors (Lipinski definition) is 2. The Morgan fingerprint density at radius 3 is 2.78 bits per heavy atom. The van der Waals surface area contributed by atoms with E-state index < -0.39 is 5.41 Å². The molecule has 2 aromatic rings. The normalized spacial score (nSPS) is 22.8. The number of ether oxygens (including phenoxy) is 2. The van der Waals surface area contributed by atoms with E-state index in [2.05, 4.69) is 34.7 Å². The molecule has 193 valence electrons. The molecular formula is C27H36AsClN5O2. The van der Waals surface area contributed by atoms with Crippen LogP contribution in [-0.2, 0) is 9.47 Å². The maximum absolute atomic E-state index is 9.73. The molecule has 36 heavy (non-hydrogen) atoms. The Morgan fingerprint density at radius 2 is 2.06 bits per heavy atom. The van der Waals surface area contributed by atoms with E-state index in [1.54, 1.807) is 13.3 Å². The minimum absolute atomic E-state index is 0.0385. The number of nitrogens with one attached hydrogen (secondary N) is 2. The van der Waals surface area contributed by atoms with Gasteiger partial charge in [-0.3, -0.25) is 0 Å². The number of nitriles is 1. The topological polar surface area (TPSA) is 92.1 Å². The Bertz CT molecular complexity index is 1040. The molecule has 3 heterocycles. The Hall–Kier alpha value is -1.68. The van der Waals surface area contributed by atoms with Crippen molar-refractivity contribution in [3.63, 3.8) is 0 Å². The second kappa shape index (κ2) is 13.2. The summed E-state index contributed by atoms with van der Waals surface area (Å²) in [6.07, 6.45) is 8.14. The molecule has 2 fully saturated rings. The zero-order chi connectivity index (χ0) is 25.4. The van der Waals surface area contributed by atoms with Crippen molar-refractivity contribution in [2.45, 2.75) is 62.2 Å². The molecular weight excluding hydrogens is 537 g/mol. The van der Waals surface area contributed by atoms with Crippen molar-refractivity contribution in [3.8, 4) is 17.3 Å². The average molecular weight is 573 g/mol. The molecule has 1 aliphatic heterocycles. The Balaban J connectivity index is 1.37.